The second-order valence-electron chi connectivity index (χ2n) is 6.75. The summed E-state index contributed by atoms with van der Waals surface area (Å²) < 4.78 is 0. The average Bonchev–Trinajstić information content (AvgIpc) is 2.62. The number of thioether (sulfide) groups is 1. The van der Waals surface area contributed by atoms with Crippen LogP contribution in [0.3, 0.4) is 0 Å². The van der Waals surface area contributed by atoms with Crippen LogP contribution in [0.4, 0.5) is 0 Å². The molecule has 0 bridgehead atoms. The van der Waals surface area contributed by atoms with E-state index in [4.69, 9.17) is 11.6 Å². The summed E-state index contributed by atoms with van der Waals surface area (Å²) in [6.07, 6.45) is 2.06. The first-order valence-electron chi connectivity index (χ1n) is 8.62. The van der Waals surface area contributed by atoms with Gasteiger partial charge in [0.1, 0.15) is 5.15 Å². The summed E-state index contributed by atoms with van der Waals surface area (Å²) in [5, 5.41) is 1.69. The van der Waals surface area contributed by atoms with E-state index < -0.39 is 0 Å². The van der Waals surface area contributed by atoms with Crippen LogP contribution in [0.5, 0.6) is 0 Å². The SMILES string of the molecule is CSc1ccc2cc(CN3CCN(C(=O)C(C)C)CC3)c(Cl)nc2c1. The number of nitrogens with zero attached hydrogens (tertiary/aromatic N) is 3. The molecule has 1 aliphatic heterocycles. The molecular weight excluding hydrogens is 354 g/mol. The maximum atomic E-state index is 12.1. The number of carbonyl (C=O) groups is 1. The Morgan fingerprint density at radius 1 is 1.24 bits per heavy atom. The Labute approximate surface area is 158 Å². The lowest BCUT2D eigenvalue weighted by Gasteiger charge is -2.35. The quantitative estimate of drug-likeness (QED) is 0.598. The summed E-state index contributed by atoms with van der Waals surface area (Å²) in [6.45, 7) is 8.00. The number of carbonyl (C=O) groups excluding carboxylic acids is 1. The molecule has 2 aromatic rings. The summed E-state index contributed by atoms with van der Waals surface area (Å²) in [7, 11) is 0. The molecule has 0 N–H and O–H groups in total. The number of amides is 1. The predicted molar refractivity (Wildman–Crippen MR) is 105 cm³/mol. The van der Waals surface area contributed by atoms with E-state index in [-0.39, 0.29) is 11.8 Å². The van der Waals surface area contributed by atoms with Crippen molar-refractivity contribution >= 4 is 40.2 Å². The van der Waals surface area contributed by atoms with Crippen LogP contribution in [0.25, 0.3) is 10.9 Å². The van der Waals surface area contributed by atoms with Crippen molar-refractivity contribution in [3.63, 3.8) is 0 Å². The number of benzene rings is 1. The lowest BCUT2D eigenvalue weighted by Crippen LogP contribution is -2.49. The minimum atomic E-state index is 0.0665. The molecular formula is C19H24ClN3OS. The Kier molecular flexibility index (Phi) is 5.87. The monoisotopic (exact) mass is 377 g/mol. The fourth-order valence-electron chi connectivity index (χ4n) is 3.14. The van der Waals surface area contributed by atoms with Gasteiger partial charge in [-0.1, -0.05) is 31.5 Å². The summed E-state index contributed by atoms with van der Waals surface area (Å²) in [4.78, 5) is 22.2. The van der Waals surface area contributed by atoms with E-state index in [2.05, 4.69) is 40.4 Å². The van der Waals surface area contributed by atoms with Crippen molar-refractivity contribution in [3.05, 3.63) is 35.0 Å². The van der Waals surface area contributed by atoms with E-state index in [1.165, 1.54) is 4.90 Å². The number of aromatic nitrogens is 1. The summed E-state index contributed by atoms with van der Waals surface area (Å²) >= 11 is 8.13. The fourth-order valence-corrected chi connectivity index (χ4v) is 3.78. The molecule has 1 saturated heterocycles. The van der Waals surface area contributed by atoms with Crippen molar-refractivity contribution in [1.82, 2.24) is 14.8 Å². The Balaban J connectivity index is 1.69. The summed E-state index contributed by atoms with van der Waals surface area (Å²) in [5.41, 5.74) is 1.99. The summed E-state index contributed by atoms with van der Waals surface area (Å²) in [5.74, 6) is 0.312. The van der Waals surface area contributed by atoms with Crippen LogP contribution in [0, 0.1) is 5.92 Å². The van der Waals surface area contributed by atoms with Crippen molar-refractivity contribution in [2.24, 2.45) is 5.92 Å². The molecule has 1 aliphatic rings. The molecule has 1 amide bonds. The standard InChI is InChI=1S/C19H24ClN3OS/c1-13(2)19(24)23-8-6-22(7-9-23)12-15-10-14-4-5-16(25-3)11-17(14)21-18(15)20/h4-5,10-11,13H,6-9,12H2,1-3H3. The molecule has 0 aliphatic carbocycles. The van der Waals surface area contributed by atoms with E-state index in [0.717, 1.165) is 49.2 Å². The van der Waals surface area contributed by atoms with Crippen molar-refractivity contribution in [2.45, 2.75) is 25.3 Å². The Bertz CT molecular complexity index is 773. The zero-order chi connectivity index (χ0) is 18.0. The van der Waals surface area contributed by atoms with E-state index in [9.17, 15) is 4.79 Å². The first-order chi connectivity index (χ1) is 12.0. The van der Waals surface area contributed by atoms with Gasteiger partial charge in [-0.25, -0.2) is 4.98 Å². The topological polar surface area (TPSA) is 36.4 Å². The predicted octanol–water partition coefficient (Wildman–Crippen LogP) is 3.91. The average molecular weight is 378 g/mol. The van der Waals surface area contributed by atoms with Crippen LogP contribution in [-0.4, -0.2) is 53.1 Å². The Morgan fingerprint density at radius 2 is 1.96 bits per heavy atom. The number of pyridine rings is 1. The van der Waals surface area contributed by atoms with Crippen LogP contribution in [0.2, 0.25) is 5.15 Å². The van der Waals surface area contributed by atoms with Gasteiger partial charge in [-0.3, -0.25) is 9.69 Å². The number of piperazine rings is 1. The van der Waals surface area contributed by atoms with Gasteiger partial charge < -0.3 is 4.90 Å². The van der Waals surface area contributed by atoms with Gasteiger partial charge >= 0.3 is 0 Å². The molecule has 134 valence electrons. The molecule has 1 fully saturated rings. The summed E-state index contributed by atoms with van der Waals surface area (Å²) in [6, 6.07) is 8.43. The largest absolute Gasteiger partial charge is 0.340 e. The number of hydrogen-bond donors (Lipinski definition) is 0. The highest BCUT2D eigenvalue weighted by molar-refractivity contribution is 7.98. The zero-order valence-electron chi connectivity index (χ0n) is 15.0. The van der Waals surface area contributed by atoms with Gasteiger partial charge in [0.25, 0.3) is 0 Å². The maximum Gasteiger partial charge on any atom is 0.225 e. The third kappa shape index (κ3) is 4.27. The van der Waals surface area contributed by atoms with Gasteiger partial charge in [0.05, 0.1) is 5.52 Å². The molecule has 25 heavy (non-hydrogen) atoms. The van der Waals surface area contributed by atoms with E-state index in [0.29, 0.717) is 5.15 Å². The van der Waals surface area contributed by atoms with Gasteiger partial charge in [0, 0.05) is 54.5 Å². The van der Waals surface area contributed by atoms with Gasteiger partial charge in [0.2, 0.25) is 5.91 Å². The Hall–Kier alpha value is -1.30. The molecule has 0 atom stereocenters. The molecule has 0 radical (unpaired) electrons. The van der Waals surface area contributed by atoms with Crippen LogP contribution < -0.4 is 0 Å². The third-order valence-corrected chi connectivity index (χ3v) is 5.68. The van der Waals surface area contributed by atoms with Crippen LogP contribution >= 0.6 is 23.4 Å². The van der Waals surface area contributed by atoms with Gasteiger partial charge in [-0.2, -0.15) is 0 Å². The second-order valence-corrected chi connectivity index (χ2v) is 7.99. The molecule has 2 heterocycles. The molecule has 3 rings (SSSR count). The Morgan fingerprint density at radius 3 is 2.60 bits per heavy atom. The third-order valence-electron chi connectivity index (χ3n) is 4.62. The normalized spacial score (nSPS) is 16.0. The minimum Gasteiger partial charge on any atom is -0.340 e. The smallest absolute Gasteiger partial charge is 0.225 e. The number of rotatable bonds is 4. The molecule has 1 aromatic carbocycles. The molecule has 0 spiro atoms. The number of halogens is 1. The van der Waals surface area contributed by atoms with Gasteiger partial charge in [-0.05, 0) is 24.5 Å². The molecule has 0 saturated carbocycles. The lowest BCUT2D eigenvalue weighted by atomic mass is 10.1. The highest BCUT2D eigenvalue weighted by Gasteiger charge is 2.23. The molecule has 4 nitrogen and oxygen atoms in total. The fraction of sp³-hybridized carbons (Fsp3) is 0.474. The van der Waals surface area contributed by atoms with Crippen LogP contribution in [0.1, 0.15) is 19.4 Å². The number of fused-ring (bicyclic) bond motifs is 1. The van der Waals surface area contributed by atoms with E-state index >= 15 is 0 Å². The van der Waals surface area contributed by atoms with Gasteiger partial charge in [0.15, 0.2) is 0 Å². The maximum absolute atomic E-state index is 12.1. The second kappa shape index (κ2) is 7.94. The lowest BCUT2D eigenvalue weighted by molar-refractivity contribution is -0.136. The van der Waals surface area contributed by atoms with Crippen LogP contribution in [0.15, 0.2) is 29.2 Å². The van der Waals surface area contributed by atoms with Crippen molar-refractivity contribution in [2.75, 3.05) is 32.4 Å². The van der Waals surface area contributed by atoms with Crippen molar-refractivity contribution in [1.29, 1.82) is 0 Å². The van der Waals surface area contributed by atoms with E-state index in [1.54, 1.807) is 11.8 Å². The van der Waals surface area contributed by atoms with Gasteiger partial charge in [-0.15, -0.1) is 11.8 Å². The highest BCUT2D eigenvalue weighted by Crippen LogP contribution is 2.26. The van der Waals surface area contributed by atoms with Crippen LogP contribution in [-0.2, 0) is 11.3 Å². The zero-order valence-corrected chi connectivity index (χ0v) is 16.5. The first-order valence-corrected chi connectivity index (χ1v) is 10.2. The van der Waals surface area contributed by atoms with E-state index in [1.807, 2.05) is 18.7 Å². The molecule has 6 heteroatoms. The minimum absolute atomic E-state index is 0.0665. The molecule has 0 unspecified atom stereocenters. The highest BCUT2D eigenvalue weighted by atomic mass is 35.5. The number of hydrogen-bond acceptors (Lipinski definition) is 4. The first kappa shape index (κ1) is 18.5. The van der Waals surface area contributed by atoms with Crippen molar-refractivity contribution in [3.8, 4) is 0 Å². The van der Waals surface area contributed by atoms with Crippen molar-refractivity contribution < 1.29 is 4.79 Å². The molecule has 1 aromatic heterocycles.